The first kappa shape index (κ1) is 19.2. The van der Waals surface area contributed by atoms with Gasteiger partial charge in [0, 0.05) is 10.1 Å². The summed E-state index contributed by atoms with van der Waals surface area (Å²) in [5.74, 6) is -1.31. The predicted octanol–water partition coefficient (Wildman–Crippen LogP) is 5.15. The number of carbonyl (C=O) groups is 2. The quantitative estimate of drug-likeness (QED) is 0.449. The molecule has 0 saturated heterocycles. The molecule has 0 fully saturated rings. The molecule has 2 amide bonds. The molecule has 2 N–H and O–H groups in total. The Bertz CT molecular complexity index is 1120. The summed E-state index contributed by atoms with van der Waals surface area (Å²) in [5, 5.41) is 1.21. The van der Waals surface area contributed by atoms with Crippen LogP contribution < -0.4 is 10.9 Å². The number of thiophene rings is 1. The minimum absolute atomic E-state index is 0.326. The molecule has 0 aliphatic heterocycles. The van der Waals surface area contributed by atoms with Gasteiger partial charge in [-0.15, -0.1) is 11.3 Å². The summed E-state index contributed by atoms with van der Waals surface area (Å²) in [4.78, 5) is 26.0. The van der Waals surface area contributed by atoms with Crippen molar-refractivity contribution in [2.75, 3.05) is 0 Å². The van der Waals surface area contributed by atoms with Crippen LogP contribution in [-0.4, -0.2) is 11.8 Å². The van der Waals surface area contributed by atoms with Crippen LogP contribution in [0.3, 0.4) is 0 Å². The highest BCUT2D eigenvalue weighted by atomic mass is 35.5. The van der Waals surface area contributed by atoms with Gasteiger partial charge in [-0.3, -0.25) is 20.4 Å². The minimum Gasteiger partial charge on any atom is -0.272 e. The summed E-state index contributed by atoms with van der Waals surface area (Å²) >= 11 is 7.65. The van der Waals surface area contributed by atoms with Gasteiger partial charge >= 0.3 is 0 Å². The van der Waals surface area contributed by atoms with Gasteiger partial charge in [-0.05, 0) is 17.2 Å². The Labute approximate surface area is 177 Å². The van der Waals surface area contributed by atoms with Gasteiger partial charge < -0.3 is 0 Å². The summed E-state index contributed by atoms with van der Waals surface area (Å²) in [6.45, 7) is 0. The van der Waals surface area contributed by atoms with Crippen molar-refractivity contribution in [3.63, 3.8) is 0 Å². The van der Waals surface area contributed by atoms with Crippen LogP contribution in [0.15, 0.2) is 84.9 Å². The molecule has 0 bridgehead atoms. The zero-order chi connectivity index (χ0) is 20.2. The molecular weight excluding hydrogens is 404 g/mol. The zero-order valence-corrected chi connectivity index (χ0v) is 16.8. The second-order valence-corrected chi connectivity index (χ2v) is 7.87. The first-order chi connectivity index (χ1) is 14.1. The van der Waals surface area contributed by atoms with Gasteiger partial charge in [0.2, 0.25) is 5.91 Å². The van der Waals surface area contributed by atoms with Crippen LogP contribution in [0.2, 0.25) is 5.02 Å². The van der Waals surface area contributed by atoms with E-state index < -0.39 is 11.8 Å². The van der Waals surface area contributed by atoms with Crippen LogP contribution >= 0.6 is 22.9 Å². The van der Waals surface area contributed by atoms with Crippen molar-refractivity contribution in [3.8, 4) is 0 Å². The summed E-state index contributed by atoms with van der Waals surface area (Å²) in [6.07, 6.45) is 0. The highest BCUT2D eigenvalue weighted by molar-refractivity contribution is 7.21. The van der Waals surface area contributed by atoms with Crippen LogP contribution in [0.4, 0.5) is 0 Å². The normalized spacial score (nSPS) is 10.8. The molecule has 6 heteroatoms. The van der Waals surface area contributed by atoms with Crippen LogP contribution in [0.5, 0.6) is 0 Å². The highest BCUT2D eigenvalue weighted by Crippen LogP contribution is 2.35. The second-order valence-electron chi connectivity index (χ2n) is 6.44. The SMILES string of the molecule is O=C(NNC(=O)C(c1ccccc1)c1ccccc1)c1sc2ccccc2c1Cl. The number of nitrogens with one attached hydrogen (secondary N) is 2. The number of amides is 2. The highest BCUT2D eigenvalue weighted by Gasteiger charge is 2.24. The van der Waals surface area contributed by atoms with Gasteiger partial charge in [-0.1, -0.05) is 90.5 Å². The van der Waals surface area contributed by atoms with E-state index in [1.165, 1.54) is 11.3 Å². The standard InChI is InChI=1S/C23H17ClN2O2S/c24-20-17-13-7-8-14-18(17)29-21(20)23(28)26-25-22(27)19(15-9-3-1-4-10-15)16-11-5-2-6-12-16/h1-14,19H,(H,25,27)(H,26,28). The Kier molecular flexibility index (Phi) is 5.60. The maximum atomic E-state index is 13.0. The summed E-state index contributed by atoms with van der Waals surface area (Å²) < 4.78 is 0.917. The zero-order valence-electron chi connectivity index (χ0n) is 15.3. The van der Waals surface area contributed by atoms with Crippen LogP contribution in [0.1, 0.15) is 26.7 Å². The van der Waals surface area contributed by atoms with Crippen molar-refractivity contribution in [2.24, 2.45) is 0 Å². The largest absolute Gasteiger partial charge is 0.281 e. The van der Waals surface area contributed by atoms with E-state index in [-0.39, 0.29) is 5.91 Å². The van der Waals surface area contributed by atoms with Crippen LogP contribution in [0.25, 0.3) is 10.1 Å². The number of halogens is 1. The van der Waals surface area contributed by atoms with Crippen molar-refractivity contribution in [3.05, 3.63) is 106 Å². The molecule has 4 aromatic rings. The maximum absolute atomic E-state index is 13.0. The van der Waals surface area contributed by atoms with Gasteiger partial charge in [-0.2, -0.15) is 0 Å². The fourth-order valence-corrected chi connectivity index (χ4v) is 4.61. The van der Waals surface area contributed by atoms with E-state index >= 15 is 0 Å². The predicted molar refractivity (Wildman–Crippen MR) is 117 cm³/mol. The number of hydrogen-bond donors (Lipinski definition) is 2. The number of fused-ring (bicyclic) bond motifs is 1. The van der Waals surface area contributed by atoms with E-state index in [0.717, 1.165) is 21.2 Å². The molecule has 0 saturated carbocycles. The van der Waals surface area contributed by atoms with Crippen molar-refractivity contribution in [1.29, 1.82) is 0 Å². The van der Waals surface area contributed by atoms with E-state index in [4.69, 9.17) is 11.6 Å². The summed E-state index contributed by atoms with van der Waals surface area (Å²) in [5.41, 5.74) is 6.74. The lowest BCUT2D eigenvalue weighted by atomic mass is 9.91. The van der Waals surface area contributed by atoms with E-state index in [0.29, 0.717) is 9.90 Å². The van der Waals surface area contributed by atoms with E-state index in [1.807, 2.05) is 84.9 Å². The molecular formula is C23H17ClN2O2S. The third-order valence-electron chi connectivity index (χ3n) is 4.57. The lowest BCUT2D eigenvalue weighted by Crippen LogP contribution is -2.44. The van der Waals surface area contributed by atoms with Crippen molar-refractivity contribution in [1.82, 2.24) is 10.9 Å². The molecule has 0 aliphatic carbocycles. The summed E-state index contributed by atoms with van der Waals surface area (Å²) in [6, 6.07) is 26.4. The Morgan fingerprint density at radius 1 is 0.759 bits per heavy atom. The van der Waals surface area contributed by atoms with Gasteiger partial charge in [0.25, 0.3) is 5.91 Å². The van der Waals surface area contributed by atoms with E-state index in [9.17, 15) is 9.59 Å². The van der Waals surface area contributed by atoms with E-state index in [1.54, 1.807) is 0 Å². The molecule has 0 aliphatic rings. The van der Waals surface area contributed by atoms with Crippen molar-refractivity contribution < 1.29 is 9.59 Å². The summed E-state index contributed by atoms with van der Waals surface area (Å²) in [7, 11) is 0. The average molecular weight is 421 g/mol. The van der Waals surface area contributed by atoms with E-state index in [2.05, 4.69) is 10.9 Å². The molecule has 1 heterocycles. The maximum Gasteiger partial charge on any atom is 0.281 e. The third-order valence-corrected chi connectivity index (χ3v) is 6.24. The molecule has 0 radical (unpaired) electrons. The lowest BCUT2D eigenvalue weighted by Gasteiger charge is -2.18. The molecule has 3 aromatic carbocycles. The monoisotopic (exact) mass is 420 g/mol. The molecule has 0 spiro atoms. The molecule has 144 valence electrons. The Hall–Kier alpha value is -3.15. The Balaban J connectivity index is 1.55. The van der Waals surface area contributed by atoms with Crippen LogP contribution in [-0.2, 0) is 4.79 Å². The Morgan fingerprint density at radius 2 is 1.31 bits per heavy atom. The molecule has 4 rings (SSSR count). The number of carbonyl (C=O) groups excluding carboxylic acids is 2. The third kappa shape index (κ3) is 4.01. The smallest absolute Gasteiger partial charge is 0.272 e. The fourth-order valence-electron chi connectivity index (χ4n) is 3.19. The Morgan fingerprint density at radius 3 is 1.90 bits per heavy atom. The second kappa shape index (κ2) is 8.47. The minimum atomic E-state index is -0.546. The fraction of sp³-hybridized carbons (Fsp3) is 0.0435. The number of rotatable bonds is 4. The molecule has 29 heavy (non-hydrogen) atoms. The topological polar surface area (TPSA) is 58.2 Å². The molecule has 0 unspecified atom stereocenters. The van der Waals surface area contributed by atoms with Gasteiger partial charge in [0.15, 0.2) is 0 Å². The van der Waals surface area contributed by atoms with Crippen molar-refractivity contribution in [2.45, 2.75) is 5.92 Å². The molecule has 4 nitrogen and oxygen atoms in total. The molecule has 1 aromatic heterocycles. The van der Waals surface area contributed by atoms with Gasteiger partial charge in [0.05, 0.1) is 10.9 Å². The number of benzene rings is 3. The lowest BCUT2D eigenvalue weighted by molar-refractivity contribution is -0.122. The molecule has 0 atom stereocenters. The number of hydrogen-bond acceptors (Lipinski definition) is 3. The van der Waals surface area contributed by atoms with Crippen LogP contribution in [0, 0.1) is 0 Å². The first-order valence-electron chi connectivity index (χ1n) is 9.02. The first-order valence-corrected chi connectivity index (χ1v) is 10.2. The van der Waals surface area contributed by atoms with Gasteiger partial charge in [-0.25, -0.2) is 0 Å². The van der Waals surface area contributed by atoms with Crippen molar-refractivity contribution >= 4 is 44.8 Å². The number of hydrazine groups is 1. The van der Waals surface area contributed by atoms with Gasteiger partial charge in [0.1, 0.15) is 4.88 Å². The average Bonchev–Trinajstić information content (AvgIpc) is 3.11.